The molecule has 3 heterocycles. The number of fused-ring (bicyclic) bond motifs is 1. The number of piperidine rings is 1. The zero-order chi connectivity index (χ0) is 29.9. The maximum atomic E-state index is 14.8. The van der Waals surface area contributed by atoms with Crippen molar-refractivity contribution in [2.24, 2.45) is 0 Å². The molecule has 9 nitrogen and oxygen atoms in total. The Morgan fingerprint density at radius 2 is 1.88 bits per heavy atom. The summed E-state index contributed by atoms with van der Waals surface area (Å²) in [6.45, 7) is 3.52. The monoisotopic (exact) mass is 604 g/mol. The molecule has 1 aliphatic rings. The van der Waals surface area contributed by atoms with Crippen LogP contribution in [0, 0.1) is 12.7 Å². The van der Waals surface area contributed by atoms with E-state index in [0.717, 1.165) is 32.0 Å². The molecular weight excluding hydrogens is 576 g/mol. The quantitative estimate of drug-likeness (QED) is 0.206. The van der Waals surface area contributed by atoms with Crippen molar-refractivity contribution in [2.45, 2.75) is 38.4 Å². The van der Waals surface area contributed by atoms with E-state index in [1.165, 1.54) is 18.3 Å². The highest BCUT2D eigenvalue weighted by atomic mass is 32.2. The molecule has 0 radical (unpaired) electrons. The van der Waals surface area contributed by atoms with E-state index in [2.05, 4.69) is 25.6 Å². The van der Waals surface area contributed by atoms with Gasteiger partial charge in [0.2, 0.25) is 21.9 Å². The fraction of sp³-hybridized carbons (Fsp3) is 0.321. The van der Waals surface area contributed by atoms with E-state index in [9.17, 15) is 26.0 Å². The summed E-state index contributed by atoms with van der Waals surface area (Å²) < 4.78 is 85.8. The van der Waals surface area contributed by atoms with E-state index in [4.69, 9.17) is 4.74 Å². The largest absolute Gasteiger partial charge is 0.437 e. The van der Waals surface area contributed by atoms with Gasteiger partial charge in [-0.3, -0.25) is 4.72 Å². The fourth-order valence-corrected chi connectivity index (χ4v) is 5.78. The van der Waals surface area contributed by atoms with Crippen molar-refractivity contribution in [1.29, 1.82) is 0 Å². The van der Waals surface area contributed by atoms with Crippen LogP contribution in [0.1, 0.15) is 24.8 Å². The number of nitrogens with one attached hydrogen (secondary N) is 3. The van der Waals surface area contributed by atoms with Crippen molar-refractivity contribution in [1.82, 2.24) is 20.3 Å². The Hall–Kier alpha value is -4.04. The lowest BCUT2D eigenvalue weighted by molar-refractivity contribution is -0.129. The molecule has 1 atom stereocenters. The zero-order valence-corrected chi connectivity index (χ0v) is 23.3. The number of ether oxygens (including phenoxy) is 1. The number of pyridine rings is 1. The molecule has 3 N–H and O–H groups in total. The minimum atomic E-state index is -4.68. The lowest BCUT2D eigenvalue weighted by Crippen LogP contribution is -2.38. The van der Waals surface area contributed by atoms with Gasteiger partial charge < -0.3 is 15.4 Å². The Kier molecular flexibility index (Phi) is 8.45. The maximum absolute atomic E-state index is 14.8. The minimum Gasteiger partial charge on any atom is -0.437 e. The number of sulfonamides is 1. The number of hydrogen-bond donors (Lipinski definition) is 3. The highest BCUT2D eigenvalue weighted by Crippen LogP contribution is 2.40. The number of anilines is 2. The Morgan fingerprint density at radius 1 is 1.07 bits per heavy atom. The van der Waals surface area contributed by atoms with Crippen LogP contribution < -0.4 is 20.1 Å². The summed E-state index contributed by atoms with van der Waals surface area (Å²) in [5.41, 5.74) is 1.26. The van der Waals surface area contributed by atoms with Crippen molar-refractivity contribution in [3.05, 3.63) is 66.2 Å². The van der Waals surface area contributed by atoms with Crippen LogP contribution in [0.25, 0.3) is 22.0 Å². The highest BCUT2D eigenvalue weighted by Gasteiger charge is 2.30. The second-order valence-electron chi connectivity index (χ2n) is 9.93. The van der Waals surface area contributed by atoms with Gasteiger partial charge in [-0.05, 0) is 62.2 Å². The third-order valence-corrected chi connectivity index (χ3v) is 8.00. The zero-order valence-electron chi connectivity index (χ0n) is 22.5. The second kappa shape index (κ2) is 12.1. The van der Waals surface area contributed by atoms with Crippen LogP contribution in [0.3, 0.4) is 0 Å². The lowest BCUT2D eigenvalue weighted by Gasteiger charge is -2.23. The van der Waals surface area contributed by atoms with Crippen LogP contribution in [0.2, 0.25) is 0 Å². The van der Waals surface area contributed by atoms with Crippen LogP contribution in [0.15, 0.2) is 54.9 Å². The molecule has 0 saturated carbocycles. The first-order valence-corrected chi connectivity index (χ1v) is 14.9. The van der Waals surface area contributed by atoms with Gasteiger partial charge in [-0.15, -0.1) is 0 Å². The number of hydrogen-bond acceptors (Lipinski definition) is 8. The minimum absolute atomic E-state index is 0.110. The normalized spacial score (nSPS) is 15.9. The third-order valence-electron chi connectivity index (χ3n) is 6.74. The molecule has 4 aromatic rings. The molecule has 0 spiro atoms. The number of rotatable bonds is 9. The van der Waals surface area contributed by atoms with E-state index in [-0.39, 0.29) is 23.1 Å². The number of benzene rings is 2. The molecule has 2 aromatic carbocycles. The molecule has 1 unspecified atom stereocenters. The van der Waals surface area contributed by atoms with Crippen LogP contribution in [-0.4, -0.2) is 54.4 Å². The summed E-state index contributed by atoms with van der Waals surface area (Å²) in [6.07, 6.45) is -1.05. The Labute approximate surface area is 239 Å². The molecule has 1 aliphatic heterocycles. The van der Waals surface area contributed by atoms with Crippen LogP contribution in [0.4, 0.5) is 29.2 Å². The standard InChI is InChI=1S/C28H28F4N6O3S/c1-17-6-7-19-20(8-9-22(29)24(19)38-42(39,40)15-11-28(30,31)32)25(17)41-26-21(5-3-13-34-26)23-10-14-35-27(37-23)36-18-4-2-12-33-16-18/h3,5-10,13-14,18,33,38H,2,4,11-12,15-16H2,1H3,(H,35,36,37). The molecule has 1 fully saturated rings. The Bertz CT molecular complexity index is 1700. The first kappa shape index (κ1) is 29.5. The van der Waals surface area contributed by atoms with Crippen LogP contribution >= 0.6 is 0 Å². The predicted octanol–water partition coefficient (Wildman–Crippen LogP) is 5.79. The number of aryl methyl sites for hydroxylation is 1. The first-order chi connectivity index (χ1) is 20.0. The van der Waals surface area contributed by atoms with Gasteiger partial charge in [0.25, 0.3) is 0 Å². The molecule has 14 heteroatoms. The smallest absolute Gasteiger partial charge is 0.390 e. The molecule has 42 heavy (non-hydrogen) atoms. The molecular formula is C28H28F4N6O3S. The summed E-state index contributed by atoms with van der Waals surface area (Å²) in [7, 11) is -4.51. The van der Waals surface area contributed by atoms with Crippen molar-refractivity contribution in [3.63, 3.8) is 0 Å². The van der Waals surface area contributed by atoms with Gasteiger partial charge in [0.1, 0.15) is 11.6 Å². The van der Waals surface area contributed by atoms with E-state index in [1.807, 2.05) is 4.72 Å². The van der Waals surface area contributed by atoms with Crippen LogP contribution in [0.5, 0.6) is 11.6 Å². The van der Waals surface area contributed by atoms with E-state index >= 15 is 0 Å². The summed E-state index contributed by atoms with van der Waals surface area (Å²) in [5.74, 6) is -1.28. The molecule has 0 bridgehead atoms. The summed E-state index contributed by atoms with van der Waals surface area (Å²) >= 11 is 0. The highest BCUT2D eigenvalue weighted by molar-refractivity contribution is 7.92. The Morgan fingerprint density at radius 3 is 2.64 bits per heavy atom. The van der Waals surface area contributed by atoms with E-state index < -0.39 is 39.9 Å². The molecule has 2 aromatic heterocycles. The topological polar surface area (TPSA) is 118 Å². The molecule has 0 amide bonds. The van der Waals surface area contributed by atoms with Gasteiger partial charge in [-0.1, -0.05) is 12.1 Å². The van der Waals surface area contributed by atoms with Gasteiger partial charge in [-0.2, -0.15) is 13.2 Å². The lowest BCUT2D eigenvalue weighted by atomic mass is 10.0. The van der Waals surface area contributed by atoms with Crippen molar-refractivity contribution in [2.75, 3.05) is 28.9 Å². The first-order valence-electron chi connectivity index (χ1n) is 13.2. The van der Waals surface area contributed by atoms with Crippen molar-refractivity contribution in [3.8, 4) is 22.9 Å². The number of alkyl halides is 3. The molecule has 0 aliphatic carbocycles. The third kappa shape index (κ3) is 7.05. The molecule has 5 rings (SSSR count). The average molecular weight is 605 g/mol. The van der Waals surface area contributed by atoms with Gasteiger partial charge >= 0.3 is 6.18 Å². The maximum Gasteiger partial charge on any atom is 0.390 e. The molecule has 222 valence electrons. The number of aromatic nitrogens is 3. The predicted molar refractivity (Wildman–Crippen MR) is 152 cm³/mol. The van der Waals surface area contributed by atoms with Gasteiger partial charge in [0.15, 0.2) is 0 Å². The van der Waals surface area contributed by atoms with E-state index in [1.54, 1.807) is 37.4 Å². The van der Waals surface area contributed by atoms with Crippen molar-refractivity contribution >= 4 is 32.4 Å². The summed E-state index contributed by atoms with van der Waals surface area (Å²) in [5, 5.41) is 7.12. The van der Waals surface area contributed by atoms with Crippen LogP contribution in [-0.2, 0) is 10.0 Å². The SMILES string of the molecule is Cc1ccc2c(NS(=O)(=O)CCC(F)(F)F)c(F)ccc2c1Oc1ncccc1-c1ccnc(NC2CCCNC2)n1. The number of nitrogens with zero attached hydrogens (tertiary/aromatic N) is 3. The summed E-state index contributed by atoms with van der Waals surface area (Å²) in [6, 6.07) is 10.9. The van der Waals surface area contributed by atoms with Gasteiger partial charge in [0.05, 0.1) is 29.1 Å². The number of halogens is 4. The fourth-order valence-electron chi connectivity index (χ4n) is 4.66. The van der Waals surface area contributed by atoms with Crippen molar-refractivity contribution < 1.29 is 30.7 Å². The Balaban J connectivity index is 1.48. The summed E-state index contributed by atoms with van der Waals surface area (Å²) in [4.78, 5) is 13.4. The van der Waals surface area contributed by atoms with E-state index in [0.29, 0.717) is 28.2 Å². The molecule has 1 saturated heterocycles. The average Bonchev–Trinajstić information content (AvgIpc) is 2.95. The van der Waals surface area contributed by atoms with Gasteiger partial charge in [0, 0.05) is 35.8 Å². The second-order valence-corrected chi connectivity index (χ2v) is 11.8. The van der Waals surface area contributed by atoms with Gasteiger partial charge in [-0.25, -0.2) is 27.8 Å².